The van der Waals surface area contributed by atoms with Crippen molar-refractivity contribution in [2.45, 2.75) is 25.5 Å². The van der Waals surface area contributed by atoms with Gasteiger partial charge in [0.25, 0.3) is 0 Å². The lowest BCUT2D eigenvalue weighted by Gasteiger charge is -2.09. The van der Waals surface area contributed by atoms with Crippen LogP contribution in [0.1, 0.15) is 20.3 Å². The number of rotatable bonds is 6. The molecule has 1 unspecified atom stereocenters. The van der Waals surface area contributed by atoms with E-state index in [1.807, 2.05) is 38.1 Å². The fourth-order valence-corrected chi connectivity index (χ4v) is 2.10. The number of benzene rings is 1. The summed E-state index contributed by atoms with van der Waals surface area (Å²) >= 11 is 0. The first-order valence-corrected chi connectivity index (χ1v) is 6.84. The van der Waals surface area contributed by atoms with Gasteiger partial charge in [-0.2, -0.15) is 0 Å². The van der Waals surface area contributed by atoms with Crippen LogP contribution in [0.4, 0.5) is 5.69 Å². The molecule has 16 heavy (non-hydrogen) atoms. The van der Waals surface area contributed by atoms with Crippen molar-refractivity contribution in [1.29, 1.82) is 0 Å². The fraction of sp³-hybridized carbons (Fsp3) is 0.500. The standard InChI is InChI=1S/C12H19NO2S/c1-10(2)16(14)9-5-8-15-12-7-4-3-6-11(12)13/h3-4,6-7,10H,5,8-9,13H2,1-2H3. The Hall–Kier alpha value is -1.03. The zero-order valence-electron chi connectivity index (χ0n) is 9.81. The first kappa shape index (κ1) is 13.0. The molecule has 90 valence electrons. The third kappa shape index (κ3) is 4.23. The molecule has 1 aromatic carbocycles. The van der Waals surface area contributed by atoms with E-state index in [-0.39, 0.29) is 5.25 Å². The highest BCUT2D eigenvalue weighted by Gasteiger charge is 2.04. The van der Waals surface area contributed by atoms with E-state index >= 15 is 0 Å². The highest BCUT2D eigenvalue weighted by molar-refractivity contribution is 7.85. The van der Waals surface area contributed by atoms with Gasteiger partial charge in [0.1, 0.15) is 5.75 Å². The summed E-state index contributed by atoms with van der Waals surface area (Å²) < 4.78 is 17.0. The van der Waals surface area contributed by atoms with Crippen molar-refractivity contribution in [2.24, 2.45) is 0 Å². The fourth-order valence-electron chi connectivity index (χ4n) is 1.23. The number of hydrogen-bond acceptors (Lipinski definition) is 3. The molecule has 0 aromatic heterocycles. The molecule has 0 radical (unpaired) electrons. The van der Waals surface area contributed by atoms with E-state index in [4.69, 9.17) is 10.5 Å². The van der Waals surface area contributed by atoms with Crippen LogP contribution in [0, 0.1) is 0 Å². The van der Waals surface area contributed by atoms with Crippen LogP contribution in [0.3, 0.4) is 0 Å². The molecule has 0 spiro atoms. The van der Waals surface area contributed by atoms with Crippen molar-refractivity contribution in [3.8, 4) is 5.75 Å². The van der Waals surface area contributed by atoms with Gasteiger partial charge in [0.05, 0.1) is 12.3 Å². The van der Waals surface area contributed by atoms with Gasteiger partial charge in [-0.3, -0.25) is 4.21 Å². The zero-order chi connectivity index (χ0) is 12.0. The molecule has 1 atom stereocenters. The average Bonchev–Trinajstić information content (AvgIpc) is 2.26. The van der Waals surface area contributed by atoms with E-state index in [0.717, 1.165) is 6.42 Å². The first-order valence-electron chi connectivity index (χ1n) is 5.45. The van der Waals surface area contributed by atoms with Crippen LogP contribution in [-0.2, 0) is 10.8 Å². The van der Waals surface area contributed by atoms with Gasteiger partial charge in [0.15, 0.2) is 0 Å². The molecular formula is C12H19NO2S. The summed E-state index contributed by atoms with van der Waals surface area (Å²) in [6.07, 6.45) is 0.791. The normalized spacial score (nSPS) is 12.7. The van der Waals surface area contributed by atoms with Crippen LogP contribution < -0.4 is 10.5 Å². The Bertz CT molecular complexity index is 353. The quantitative estimate of drug-likeness (QED) is 0.613. The second kappa shape index (κ2) is 6.53. The summed E-state index contributed by atoms with van der Waals surface area (Å²) in [5.74, 6) is 1.39. The maximum absolute atomic E-state index is 11.5. The van der Waals surface area contributed by atoms with Crippen LogP contribution in [0.5, 0.6) is 5.75 Å². The predicted molar refractivity (Wildman–Crippen MR) is 69.1 cm³/mol. The summed E-state index contributed by atoms with van der Waals surface area (Å²) in [4.78, 5) is 0. The van der Waals surface area contributed by atoms with Crippen LogP contribution >= 0.6 is 0 Å². The van der Waals surface area contributed by atoms with E-state index in [1.165, 1.54) is 0 Å². The van der Waals surface area contributed by atoms with Gasteiger partial charge in [-0.15, -0.1) is 0 Å². The Kier molecular flexibility index (Phi) is 5.32. The van der Waals surface area contributed by atoms with E-state index < -0.39 is 10.8 Å². The molecule has 0 bridgehead atoms. The molecule has 0 saturated heterocycles. The van der Waals surface area contributed by atoms with E-state index in [0.29, 0.717) is 23.8 Å². The summed E-state index contributed by atoms with van der Waals surface area (Å²) in [6, 6.07) is 7.41. The molecule has 0 aliphatic carbocycles. The summed E-state index contributed by atoms with van der Waals surface area (Å²) in [5, 5.41) is 0.224. The predicted octanol–water partition coefficient (Wildman–Crippen LogP) is 2.19. The minimum absolute atomic E-state index is 0.224. The lowest BCUT2D eigenvalue weighted by atomic mass is 10.3. The van der Waals surface area contributed by atoms with Gasteiger partial charge in [0.2, 0.25) is 0 Å². The molecule has 1 rings (SSSR count). The number of nitrogens with two attached hydrogens (primary N) is 1. The smallest absolute Gasteiger partial charge is 0.142 e. The van der Waals surface area contributed by atoms with Crippen molar-refractivity contribution in [3.05, 3.63) is 24.3 Å². The number of hydrogen-bond donors (Lipinski definition) is 1. The number of anilines is 1. The van der Waals surface area contributed by atoms with E-state index in [2.05, 4.69) is 0 Å². The summed E-state index contributed by atoms with van der Waals surface area (Å²) in [6.45, 7) is 4.49. The minimum Gasteiger partial charge on any atom is -0.491 e. The maximum Gasteiger partial charge on any atom is 0.142 e. The lowest BCUT2D eigenvalue weighted by molar-refractivity contribution is 0.320. The van der Waals surface area contributed by atoms with Gasteiger partial charge in [-0.1, -0.05) is 26.0 Å². The van der Waals surface area contributed by atoms with Crippen LogP contribution in [0.25, 0.3) is 0 Å². The molecular weight excluding hydrogens is 222 g/mol. The molecule has 0 aliphatic heterocycles. The number of ether oxygens (including phenoxy) is 1. The lowest BCUT2D eigenvalue weighted by Crippen LogP contribution is -2.12. The molecule has 0 heterocycles. The Balaban J connectivity index is 2.26. The average molecular weight is 241 g/mol. The van der Waals surface area contributed by atoms with Gasteiger partial charge in [0, 0.05) is 21.8 Å². The molecule has 1 aromatic rings. The molecule has 0 saturated carbocycles. The third-order valence-electron chi connectivity index (χ3n) is 2.19. The van der Waals surface area contributed by atoms with Crippen molar-refractivity contribution in [3.63, 3.8) is 0 Å². The monoisotopic (exact) mass is 241 g/mol. The molecule has 0 amide bonds. The van der Waals surface area contributed by atoms with Gasteiger partial charge in [-0.25, -0.2) is 0 Å². The Labute approximate surface area is 99.4 Å². The Morgan fingerprint density at radius 1 is 1.38 bits per heavy atom. The second-order valence-corrected chi connectivity index (χ2v) is 5.99. The van der Waals surface area contributed by atoms with Gasteiger partial charge in [-0.05, 0) is 18.6 Å². The number of nitrogen functional groups attached to an aromatic ring is 1. The highest BCUT2D eigenvalue weighted by Crippen LogP contribution is 2.19. The van der Waals surface area contributed by atoms with Crippen molar-refractivity contribution >= 4 is 16.5 Å². The van der Waals surface area contributed by atoms with Crippen molar-refractivity contribution in [1.82, 2.24) is 0 Å². The molecule has 0 fully saturated rings. The second-order valence-electron chi connectivity index (χ2n) is 3.87. The maximum atomic E-state index is 11.5. The third-order valence-corrected chi connectivity index (χ3v) is 3.93. The zero-order valence-corrected chi connectivity index (χ0v) is 10.6. The summed E-state index contributed by atoms with van der Waals surface area (Å²) in [7, 11) is -0.746. The molecule has 4 heteroatoms. The van der Waals surface area contributed by atoms with Crippen molar-refractivity contribution in [2.75, 3.05) is 18.1 Å². The molecule has 0 aliphatic rings. The minimum atomic E-state index is -0.746. The number of para-hydroxylation sites is 2. The van der Waals surface area contributed by atoms with Gasteiger partial charge >= 0.3 is 0 Å². The molecule has 3 nitrogen and oxygen atoms in total. The van der Waals surface area contributed by atoms with Crippen LogP contribution in [0.15, 0.2) is 24.3 Å². The largest absolute Gasteiger partial charge is 0.491 e. The Morgan fingerprint density at radius 3 is 2.69 bits per heavy atom. The van der Waals surface area contributed by atoms with Crippen LogP contribution in [0.2, 0.25) is 0 Å². The summed E-state index contributed by atoms with van der Waals surface area (Å²) in [5.41, 5.74) is 6.37. The first-order chi connectivity index (χ1) is 7.61. The van der Waals surface area contributed by atoms with Gasteiger partial charge < -0.3 is 10.5 Å². The molecule has 2 N–H and O–H groups in total. The van der Waals surface area contributed by atoms with E-state index in [1.54, 1.807) is 0 Å². The SMILES string of the molecule is CC(C)S(=O)CCCOc1ccccc1N. The Morgan fingerprint density at radius 2 is 2.06 bits per heavy atom. The highest BCUT2D eigenvalue weighted by atomic mass is 32.2. The van der Waals surface area contributed by atoms with Crippen LogP contribution in [-0.4, -0.2) is 21.8 Å². The van der Waals surface area contributed by atoms with E-state index in [9.17, 15) is 4.21 Å². The van der Waals surface area contributed by atoms with Crippen molar-refractivity contribution < 1.29 is 8.95 Å². The topological polar surface area (TPSA) is 52.3 Å².